The second-order valence-corrected chi connectivity index (χ2v) is 8.33. The number of benzene rings is 2. The molecule has 0 radical (unpaired) electrons. The summed E-state index contributed by atoms with van der Waals surface area (Å²) < 4.78 is 10.9. The molecule has 1 atom stereocenters. The molecule has 1 fully saturated rings. The maximum absolute atomic E-state index is 12.4. The van der Waals surface area contributed by atoms with Gasteiger partial charge in [-0.2, -0.15) is 0 Å². The number of carbonyl (C=O) groups is 3. The molecule has 2 aromatic rings. The molecule has 33 heavy (non-hydrogen) atoms. The van der Waals surface area contributed by atoms with Crippen LogP contribution in [0.5, 0.6) is 11.5 Å². The van der Waals surface area contributed by atoms with Crippen LogP contribution in [0.1, 0.15) is 27.2 Å². The number of hydrogen-bond acceptors (Lipinski definition) is 5. The monoisotopic (exact) mass is 453 g/mol. The Kier molecular flexibility index (Phi) is 8.29. The molecular weight excluding hydrogens is 422 g/mol. The molecule has 0 bridgehead atoms. The van der Waals surface area contributed by atoms with Gasteiger partial charge in [0.25, 0.3) is 5.91 Å². The Hall–Kier alpha value is -3.55. The largest absolute Gasteiger partial charge is 0.494 e. The second kappa shape index (κ2) is 11.4. The molecule has 0 aromatic heterocycles. The van der Waals surface area contributed by atoms with Crippen LogP contribution >= 0.6 is 0 Å². The fourth-order valence-electron chi connectivity index (χ4n) is 3.45. The number of ether oxygens (including phenoxy) is 2. The Labute approximate surface area is 194 Å². The number of nitrogens with zero attached hydrogens (tertiary/aromatic N) is 1. The third kappa shape index (κ3) is 6.97. The maximum Gasteiger partial charge on any atom is 0.262 e. The Bertz CT molecular complexity index is 957. The summed E-state index contributed by atoms with van der Waals surface area (Å²) in [7, 11) is 0. The van der Waals surface area contributed by atoms with Gasteiger partial charge in [0.1, 0.15) is 11.5 Å². The van der Waals surface area contributed by atoms with Crippen molar-refractivity contribution in [2.45, 2.75) is 27.2 Å². The van der Waals surface area contributed by atoms with Crippen molar-refractivity contribution in [2.24, 2.45) is 11.8 Å². The van der Waals surface area contributed by atoms with Gasteiger partial charge in [-0.25, -0.2) is 0 Å². The van der Waals surface area contributed by atoms with Crippen LogP contribution in [0.4, 0.5) is 11.4 Å². The van der Waals surface area contributed by atoms with E-state index in [1.165, 1.54) is 0 Å². The molecule has 2 N–H and O–H groups in total. The summed E-state index contributed by atoms with van der Waals surface area (Å²) >= 11 is 0. The smallest absolute Gasteiger partial charge is 0.262 e. The van der Waals surface area contributed by atoms with Crippen molar-refractivity contribution in [2.75, 3.05) is 36.5 Å². The lowest BCUT2D eigenvalue weighted by Gasteiger charge is -2.17. The number of amides is 3. The summed E-state index contributed by atoms with van der Waals surface area (Å²) in [5, 5.41) is 5.66. The topological polar surface area (TPSA) is 97.0 Å². The molecule has 0 unspecified atom stereocenters. The third-order valence-corrected chi connectivity index (χ3v) is 5.15. The molecule has 0 aliphatic carbocycles. The molecule has 8 nitrogen and oxygen atoms in total. The van der Waals surface area contributed by atoms with E-state index >= 15 is 0 Å². The minimum absolute atomic E-state index is 0.0805. The molecule has 2 aromatic carbocycles. The van der Waals surface area contributed by atoms with Crippen LogP contribution < -0.4 is 25.0 Å². The molecule has 1 heterocycles. The standard InChI is InChI=1S/C25H31N3O5/c1-4-32-21-9-5-19(6-10-21)27-23(29)16-33-22-11-7-20(8-12-22)28-15-18(13-24(28)30)25(31)26-14-17(2)3/h5-12,17-18H,4,13-16H2,1-3H3,(H,26,31)(H,27,29)/t18-/m1/s1. The fourth-order valence-corrected chi connectivity index (χ4v) is 3.45. The highest BCUT2D eigenvalue weighted by Crippen LogP contribution is 2.27. The maximum atomic E-state index is 12.4. The van der Waals surface area contributed by atoms with Gasteiger partial charge in [-0.3, -0.25) is 14.4 Å². The van der Waals surface area contributed by atoms with Crippen LogP contribution in [0, 0.1) is 11.8 Å². The second-order valence-electron chi connectivity index (χ2n) is 8.33. The van der Waals surface area contributed by atoms with E-state index < -0.39 is 0 Å². The van der Waals surface area contributed by atoms with Crippen LogP contribution in [0.3, 0.4) is 0 Å². The quantitative estimate of drug-likeness (QED) is 0.576. The van der Waals surface area contributed by atoms with Gasteiger partial charge in [-0.05, 0) is 61.4 Å². The van der Waals surface area contributed by atoms with Crippen molar-refractivity contribution >= 4 is 29.1 Å². The van der Waals surface area contributed by atoms with Gasteiger partial charge < -0.3 is 25.0 Å². The van der Waals surface area contributed by atoms with Crippen molar-refractivity contribution in [3.05, 3.63) is 48.5 Å². The number of anilines is 2. The summed E-state index contributed by atoms with van der Waals surface area (Å²) in [4.78, 5) is 38.5. The van der Waals surface area contributed by atoms with Gasteiger partial charge in [0.15, 0.2) is 6.61 Å². The summed E-state index contributed by atoms with van der Waals surface area (Å²) in [6.07, 6.45) is 0.202. The Balaban J connectivity index is 1.48. The zero-order valence-electron chi connectivity index (χ0n) is 19.3. The van der Waals surface area contributed by atoms with Crippen LogP contribution in [-0.4, -0.2) is 44.0 Å². The van der Waals surface area contributed by atoms with Crippen molar-refractivity contribution < 1.29 is 23.9 Å². The molecule has 8 heteroatoms. The molecule has 3 amide bonds. The Morgan fingerprint density at radius 1 is 1.03 bits per heavy atom. The van der Waals surface area contributed by atoms with Crippen LogP contribution in [-0.2, 0) is 14.4 Å². The molecule has 1 aliphatic rings. The first kappa shape index (κ1) is 24.1. The van der Waals surface area contributed by atoms with Crippen LogP contribution in [0.15, 0.2) is 48.5 Å². The highest BCUT2D eigenvalue weighted by atomic mass is 16.5. The van der Waals surface area contributed by atoms with Crippen molar-refractivity contribution in [1.82, 2.24) is 5.32 Å². The van der Waals surface area contributed by atoms with Crippen molar-refractivity contribution in [3.63, 3.8) is 0 Å². The average Bonchev–Trinajstić information content (AvgIpc) is 3.19. The molecule has 3 rings (SSSR count). The normalized spacial score (nSPS) is 15.5. The molecule has 0 spiro atoms. The third-order valence-electron chi connectivity index (χ3n) is 5.15. The highest BCUT2D eigenvalue weighted by molar-refractivity contribution is 6.00. The molecular formula is C25H31N3O5. The minimum Gasteiger partial charge on any atom is -0.494 e. The zero-order valence-corrected chi connectivity index (χ0v) is 19.3. The number of nitrogens with one attached hydrogen (secondary N) is 2. The summed E-state index contributed by atoms with van der Waals surface area (Å²) in [6.45, 7) is 7.35. The van der Waals surface area contributed by atoms with Gasteiger partial charge in [-0.15, -0.1) is 0 Å². The van der Waals surface area contributed by atoms with E-state index in [4.69, 9.17) is 9.47 Å². The molecule has 1 saturated heterocycles. The van der Waals surface area contributed by atoms with E-state index in [0.717, 1.165) is 5.75 Å². The lowest BCUT2D eigenvalue weighted by Crippen LogP contribution is -2.35. The van der Waals surface area contributed by atoms with Gasteiger partial charge >= 0.3 is 0 Å². The molecule has 0 saturated carbocycles. The SMILES string of the molecule is CCOc1ccc(NC(=O)COc2ccc(N3C[C@H](C(=O)NCC(C)C)CC3=O)cc2)cc1. The average molecular weight is 454 g/mol. The predicted molar refractivity (Wildman–Crippen MR) is 126 cm³/mol. The first-order valence-corrected chi connectivity index (χ1v) is 11.2. The minimum atomic E-state index is -0.349. The summed E-state index contributed by atoms with van der Waals surface area (Å²) in [6, 6.07) is 14.0. The fraction of sp³-hybridized carbons (Fsp3) is 0.400. The first-order valence-electron chi connectivity index (χ1n) is 11.2. The number of carbonyl (C=O) groups excluding carboxylic acids is 3. The van der Waals surface area contributed by atoms with Crippen molar-refractivity contribution in [1.29, 1.82) is 0 Å². The van der Waals surface area contributed by atoms with Gasteiger partial charge in [0.2, 0.25) is 11.8 Å². The van der Waals surface area contributed by atoms with E-state index in [9.17, 15) is 14.4 Å². The van der Waals surface area contributed by atoms with Crippen LogP contribution in [0.2, 0.25) is 0 Å². The first-order chi connectivity index (χ1) is 15.9. The van der Waals surface area contributed by atoms with Gasteiger partial charge in [0, 0.05) is 30.9 Å². The lowest BCUT2D eigenvalue weighted by molar-refractivity contribution is -0.126. The number of hydrogen-bond donors (Lipinski definition) is 2. The molecule has 176 valence electrons. The van der Waals surface area contributed by atoms with E-state index in [1.807, 2.05) is 20.8 Å². The van der Waals surface area contributed by atoms with E-state index in [-0.39, 0.29) is 36.7 Å². The van der Waals surface area contributed by atoms with Crippen molar-refractivity contribution in [3.8, 4) is 11.5 Å². The van der Waals surface area contributed by atoms with E-state index in [0.29, 0.717) is 42.7 Å². The van der Waals surface area contributed by atoms with Gasteiger partial charge in [0.05, 0.1) is 12.5 Å². The zero-order chi connectivity index (χ0) is 23.8. The summed E-state index contributed by atoms with van der Waals surface area (Å²) in [5.74, 6) is 0.815. The van der Waals surface area contributed by atoms with E-state index in [2.05, 4.69) is 10.6 Å². The summed E-state index contributed by atoms with van der Waals surface area (Å²) in [5.41, 5.74) is 1.35. The highest BCUT2D eigenvalue weighted by Gasteiger charge is 2.35. The molecule has 1 aliphatic heterocycles. The Morgan fingerprint density at radius 3 is 2.30 bits per heavy atom. The Morgan fingerprint density at radius 2 is 1.67 bits per heavy atom. The number of rotatable bonds is 10. The van der Waals surface area contributed by atoms with Crippen LogP contribution in [0.25, 0.3) is 0 Å². The van der Waals surface area contributed by atoms with Gasteiger partial charge in [-0.1, -0.05) is 13.8 Å². The predicted octanol–water partition coefficient (Wildman–Crippen LogP) is 3.23. The van der Waals surface area contributed by atoms with E-state index in [1.54, 1.807) is 53.4 Å². The lowest BCUT2D eigenvalue weighted by atomic mass is 10.1.